The third-order valence-corrected chi connectivity index (χ3v) is 10.4. The largest absolute Gasteiger partial charge is 0.462 e. The van der Waals surface area contributed by atoms with Gasteiger partial charge in [-0.05, 0) is 77.6 Å². The van der Waals surface area contributed by atoms with Gasteiger partial charge in [-0.3, -0.25) is 4.79 Å². The first-order valence-corrected chi connectivity index (χ1v) is 18.8. The van der Waals surface area contributed by atoms with Crippen LogP contribution in [-0.2, 0) is 23.8 Å². The fourth-order valence-electron chi connectivity index (χ4n) is 7.56. The van der Waals surface area contributed by atoms with Gasteiger partial charge in [-0.1, -0.05) is 84.0 Å². The Morgan fingerprint density at radius 1 is 0.667 bits per heavy atom. The summed E-state index contributed by atoms with van der Waals surface area (Å²) in [5.74, 6) is -0.398. The molecule has 262 valence electrons. The molecule has 0 saturated carbocycles. The summed E-state index contributed by atoms with van der Waals surface area (Å²) in [6.45, 7) is 3.77. The maximum absolute atomic E-state index is 11.9. The molecule has 3 rings (SSSR count). The van der Waals surface area contributed by atoms with Gasteiger partial charge in [-0.25, -0.2) is 0 Å². The highest BCUT2D eigenvalue weighted by atomic mass is 16.6. The molecule has 45 heavy (non-hydrogen) atoms. The van der Waals surface area contributed by atoms with Gasteiger partial charge in [0.1, 0.15) is 11.9 Å². The predicted octanol–water partition coefficient (Wildman–Crippen LogP) is 7.12. The van der Waals surface area contributed by atoms with Crippen molar-refractivity contribution in [2.75, 3.05) is 0 Å². The van der Waals surface area contributed by atoms with Gasteiger partial charge in [0.2, 0.25) is 0 Å². The average molecular weight is 639 g/mol. The van der Waals surface area contributed by atoms with E-state index >= 15 is 0 Å². The van der Waals surface area contributed by atoms with Crippen LogP contribution in [-0.4, -0.2) is 75.9 Å². The Hall–Kier alpha value is -1.06. The van der Waals surface area contributed by atoms with Gasteiger partial charge in [0, 0.05) is 6.42 Å². The van der Waals surface area contributed by atoms with E-state index in [1.807, 2.05) is 0 Å². The zero-order valence-corrected chi connectivity index (χ0v) is 28.5. The van der Waals surface area contributed by atoms with Crippen molar-refractivity contribution in [3.05, 3.63) is 0 Å². The molecule has 0 aromatic carbocycles. The Balaban J connectivity index is 1.16. The first-order valence-electron chi connectivity index (χ1n) is 18.8. The standard InChI is InChI=1S/C37H66O8/c1-3-4-5-6-7-8-12-15-18-31(39)35-23-24-36(45-35)33(41)21-20-32(40)34-22-19-29(43-34)16-13-10-9-11-14-17-30-26-28(25-27(2)38)37(42)44-30/h28-36,39-41H,3-26H2,1-2H3/t28-,29-,30-,31+,32+,33-,34+,35-,36-/m1/s1. The van der Waals surface area contributed by atoms with Crippen molar-refractivity contribution < 1.29 is 39.1 Å². The molecule has 3 aliphatic heterocycles. The van der Waals surface area contributed by atoms with Crippen molar-refractivity contribution in [3.8, 4) is 0 Å². The Morgan fingerprint density at radius 2 is 1.16 bits per heavy atom. The summed E-state index contributed by atoms with van der Waals surface area (Å²) in [6, 6.07) is 0. The van der Waals surface area contributed by atoms with Gasteiger partial charge < -0.3 is 34.3 Å². The summed E-state index contributed by atoms with van der Waals surface area (Å²) < 4.78 is 17.7. The lowest BCUT2D eigenvalue weighted by atomic mass is 9.96. The Bertz CT molecular complexity index is 820. The molecule has 0 aromatic heterocycles. The van der Waals surface area contributed by atoms with Crippen LogP contribution in [0.3, 0.4) is 0 Å². The molecule has 0 radical (unpaired) electrons. The monoisotopic (exact) mass is 638 g/mol. The van der Waals surface area contributed by atoms with Crippen molar-refractivity contribution in [3.63, 3.8) is 0 Å². The molecule has 0 aromatic rings. The van der Waals surface area contributed by atoms with E-state index in [0.29, 0.717) is 25.7 Å². The van der Waals surface area contributed by atoms with Gasteiger partial charge >= 0.3 is 5.97 Å². The molecule has 3 heterocycles. The third-order valence-electron chi connectivity index (χ3n) is 10.4. The zero-order chi connectivity index (χ0) is 32.4. The van der Waals surface area contributed by atoms with Crippen LogP contribution in [0.5, 0.6) is 0 Å². The van der Waals surface area contributed by atoms with Crippen molar-refractivity contribution in [2.24, 2.45) is 5.92 Å². The quantitative estimate of drug-likeness (QED) is 0.0714. The van der Waals surface area contributed by atoms with Gasteiger partial charge in [-0.2, -0.15) is 0 Å². The van der Waals surface area contributed by atoms with Crippen LogP contribution in [0.2, 0.25) is 0 Å². The van der Waals surface area contributed by atoms with E-state index in [9.17, 15) is 24.9 Å². The summed E-state index contributed by atoms with van der Waals surface area (Å²) in [6.07, 6.45) is 21.5. The molecule has 3 fully saturated rings. The summed E-state index contributed by atoms with van der Waals surface area (Å²) in [5.41, 5.74) is 0. The second kappa shape index (κ2) is 21.7. The highest BCUT2D eigenvalue weighted by Crippen LogP contribution is 2.31. The fourth-order valence-corrected chi connectivity index (χ4v) is 7.56. The average Bonchev–Trinajstić information content (AvgIpc) is 3.77. The second-order valence-corrected chi connectivity index (χ2v) is 14.4. The lowest BCUT2D eigenvalue weighted by Crippen LogP contribution is -2.33. The molecule has 8 nitrogen and oxygen atoms in total. The van der Waals surface area contributed by atoms with Crippen LogP contribution in [0, 0.1) is 5.92 Å². The Morgan fingerprint density at radius 3 is 1.76 bits per heavy atom. The van der Waals surface area contributed by atoms with Crippen LogP contribution in [0.25, 0.3) is 0 Å². The van der Waals surface area contributed by atoms with Crippen LogP contribution in [0.15, 0.2) is 0 Å². The minimum atomic E-state index is -0.625. The number of hydrogen-bond acceptors (Lipinski definition) is 8. The van der Waals surface area contributed by atoms with Gasteiger partial charge in [-0.15, -0.1) is 0 Å². The van der Waals surface area contributed by atoms with Gasteiger partial charge in [0.15, 0.2) is 0 Å². The Labute approximate surface area is 273 Å². The molecule has 3 aliphatic rings. The van der Waals surface area contributed by atoms with E-state index < -0.39 is 18.3 Å². The third kappa shape index (κ3) is 14.7. The van der Waals surface area contributed by atoms with Gasteiger partial charge in [0.05, 0.1) is 48.6 Å². The van der Waals surface area contributed by atoms with Crippen LogP contribution in [0.1, 0.15) is 168 Å². The number of aliphatic hydroxyl groups is 3. The molecule has 0 amide bonds. The maximum atomic E-state index is 11.9. The van der Waals surface area contributed by atoms with E-state index in [-0.39, 0.29) is 48.2 Å². The molecule has 3 saturated heterocycles. The highest BCUT2D eigenvalue weighted by molar-refractivity contribution is 5.83. The molecule has 0 spiro atoms. The zero-order valence-electron chi connectivity index (χ0n) is 28.5. The van der Waals surface area contributed by atoms with Crippen molar-refractivity contribution >= 4 is 11.8 Å². The topological polar surface area (TPSA) is 123 Å². The maximum Gasteiger partial charge on any atom is 0.309 e. The number of carbonyl (C=O) groups is 2. The number of esters is 1. The molecule has 9 atom stereocenters. The number of ketones is 1. The number of hydrogen-bond donors (Lipinski definition) is 3. The summed E-state index contributed by atoms with van der Waals surface area (Å²) in [4.78, 5) is 23.2. The van der Waals surface area contributed by atoms with Crippen molar-refractivity contribution in [1.82, 2.24) is 0 Å². The van der Waals surface area contributed by atoms with E-state index in [0.717, 1.165) is 89.9 Å². The van der Waals surface area contributed by atoms with Crippen molar-refractivity contribution in [1.29, 1.82) is 0 Å². The van der Waals surface area contributed by atoms with E-state index in [1.54, 1.807) is 0 Å². The molecule has 0 bridgehead atoms. The SMILES string of the molecule is CCCCCCCCCC[C@H](O)[C@H]1CC[C@H]([C@H](O)CC[C@H](O)[C@@H]2CC[C@@H](CCCCCCC[C@@H]3C[C@@H](CC(C)=O)C(=O)O3)O2)O1. The number of unbranched alkanes of at least 4 members (excludes halogenated alkanes) is 11. The molecular weight excluding hydrogens is 572 g/mol. The molecule has 3 N–H and O–H groups in total. The number of cyclic esters (lactones) is 1. The molecular formula is C37H66O8. The van der Waals surface area contributed by atoms with Crippen LogP contribution < -0.4 is 0 Å². The predicted molar refractivity (Wildman–Crippen MR) is 176 cm³/mol. The number of rotatable bonds is 25. The number of Topliss-reactive ketones (excluding diaryl/α,β-unsaturated/α-hetero) is 1. The summed E-state index contributed by atoms with van der Waals surface area (Å²) >= 11 is 0. The lowest BCUT2D eigenvalue weighted by molar-refractivity contribution is -0.145. The lowest BCUT2D eigenvalue weighted by Gasteiger charge is -2.24. The highest BCUT2D eigenvalue weighted by Gasteiger charge is 2.36. The first-order chi connectivity index (χ1) is 21.8. The molecule has 8 heteroatoms. The normalized spacial score (nSPS) is 28.8. The molecule has 0 unspecified atom stereocenters. The van der Waals surface area contributed by atoms with E-state index in [4.69, 9.17) is 14.2 Å². The minimum Gasteiger partial charge on any atom is -0.462 e. The first kappa shape index (κ1) is 38.4. The van der Waals surface area contributed by atoms with E-state index in [2.05, 4.69) is 6.92 Å². The van der Waals surface area contributed by atoms with Crippen LogP contribution >= 0.6 is 0 Å². The fraction of sp³-hybridized carbons (Fsp3) is 0.946. The number of carbonyl (C=O) groups excluding carboxylic acids is 2. The number of ether oxygens (including phenoxy) is 3. The molecule has 0 aliphatic carbocycles. The van der Waals surface area contributed by atoms with E-state index in [1.165, 1.54) is 45.4 Å². The van der Waals surface area contributed by atoms with Gasteiger partial charge in [0.25, 0.3) is 0 Å². The summed E-state index contributed by atoms with van der Waals surface area (Å²) in [7, 11) is 0. The second-order valence-electron chi connectivity index (χ2n) is 14.4. The van der Waals surface area contributed by atoms with Crippen molar-refractivity contribution in [2.45, 2.75) is 217 Å². The minimum absolute atomic E-state index is 0.0249. The smallest absolute Gasteiger partial charge is 0.309 e. The number of aliphatic hydroxyl groups excluding tert-OH is 3. The summed E-state index contributed by atoms with van der Waals surface area (Å²) in [5, 5.41) is 32.1. The Kier molecular flexibility index (Phi) is 18.5. The van der Waals surface area contributed by atoms with Crippen LogP contribution in [0.4, 0.5) is 0 Å².